The van der Waals surface area contributed by atoms with Crippen LogP contribution in [-0.2, 0) is 4.79 Å². The van der Waals surface area contributed by atoms with E-state index >= 15 is 0 Å². The first kappa shape index (κ1) is 9.22. The second kappa shape index (κ2) is 4.23. The van der Waals surface area contributed by atoms with E-state index in [2.05, 4.69) is 5.32 Å². The van der Waals surface area contributed by atoms with E-state index in [0.29, 0.717) is 0 Å². The second-order valence-electron chi connectivity index (χ2n) is 2.41. The van der Waals surface area contributed by atoms with E-state index in [0.717, 1.165) is 4.88 Å². The van der Waals surface area contributed by atoms with Gasteiger partial charge in [-0.2, -0.15) is 0 Å². The Hall–Kier alpha value is -0.870. The van der Waals surface area contributed by atoms with Crippen LogP contribution >= 0.6 is 11.3 Å². The first-order valence-electron chi connectivity index (χ1n) is 3.66. The minimum atomic E-state index is -0.662. The Bertz CT molecular complexity index is 246. The molecule has 0 spiro atoms. The van der Waals surface area contributed by atoms with Gasteiger partial charge in [-0.3, -0.25) is 4.79 Å². The third kappa shape index (κ3) is 2.32. The number of rotatable bonds is 3. The summed E-state index contributed by atoms with van der Waals surface area (Å²) in [4.78, 5) is 11.7. The van der Waals surface area contributed by atoms with Crippen molar-refractivity contribution >= 4 is 17.2 Å². The molecule has 1 atom stereocenters. The van der Waals surface area contributed by atoms with Gasteiger partial charge in [0.05, 0.1) is 12.5 Å². The Morgan fingerprint density at radius 3 is 3.08 bits per heavy atom. The van der Waals surface area contributed by atoms with Crippen LogP contribution in [0, 0.1) is 0 Å². The lowest BCUT2D eigenvalue weighted by Crippen LogP contribution is -2.19. The molecule has 1 heterocycles. The van der Waals surface area contributed by atoms with Crippen molar-refractivity contribution in [2.24, 2.45) is 0 Å². The van der Waals surface area contributed by atoms with Gasteiger partial charge in [0.2, 0.25) is 5.91 Å². The van der Waals surface area contributed by atoms with E-state index in [1.54, 1.807) is 7.05 Å². The van der Waals surface area contributed by atoms with Crippen LogP contribution in [0.3, 0.4) is 0 Å². The number of carbonyl (C=O) groups excluding carboxylic acids is 1. The lowest BCUT2D eigenvalue weighted by Gasteiger charge is -2.05. The zero-order valence-corrected chi connectivity index (χ0v) is 7.60. The second-order valence-corrected chi connectivity index (χ2v) is 3.39. The van der Waals surface area contributed by atoms with Gasteiger partial charge in [0.15, 0.2) is 0 Å². The third-order valence-corrected chi connectivity index (χ3v) is 2.50. The van der Waals surface area contributed by atoms with Gasteiger partial charge >= 0.3 is 0 Å². The zero-order valence-electron chi connectivity index (χ0n) is 6.78. The van der Waals surface area contributed by atoms with Gasteiger partial charge in [-0.25, -0.2) is 0 Å². The number of carbonyl (C=O) groups is 1. The highest BCUT2D eigenvalue weighted by Gasteiger charge is 2.11. The molecule has 66 valence electrons. The maximum absolute atomic E-state index is 10.9. The average molecular weight is 185 g/mol. The predicted molar refractivity (Wildman–Crippen MR) is 48.0 cm³/mol. The molecule has 0 aromatic carbocycles. The number of aliphatic hydroxyl groups excluding tert-OH is 1. The van der Waals surface area contributed by atoms with Crippen LogP contribution in [0.2, 0.25) is 0 Å². The van der Waals surface area contributed by atoms with Crippen LogP contribution in [0.4, 0.5) is 0 Å². The fourth-order valence-electron chi connectivity index (χ4n) is 0.859. The van der Waals surface area contributed by atoms with Gasteiger partial charge in [0, 0.05) is 11.9 Å². The summed E-state index contributed by atoms with van der Waals surface area (Å²) in [5.74, 6) is -0.143. The van der Waals surface area contributed by atoms with E-state index in [9.17, 15) is 9.90 Å². The Morgan fingerprint density at radius 2 is 2.58 bits per heavy atom. The van der Waals surface area contributed by atoms with Crippen molar-refractivity contribution < 1.29 is 9.90 Å². The summed E-state index contributed by atoms with van der Waals surface area (Å²) in [5, 5.41) is 13.8. The smallest absolute Gasteiger partial charge is 0.222 e. The molecule has 3 nitrogen and oxygen atoms in total. The van der Waals surface area contributed by atoms with Gasteiger partial charge in [-0.1, -0.05) is 6.07 Å². The number of hydrogen-bond donors (Lipinski definition) is 2. The monoisotopic (exact) mass is 185 g/mol. The first-order chi connectivity index (χ1) is 5.74. The van der Waals surface area contributed by atoms with Crippen LogP contribution in [0.5, 0.6) is 0 Å². The third-order valence-electron chi connectivity index (χ3n) is 1.53. The predicted octanol–water partition coefficient (Wildman–Crippen LogP) is 0.918. The van der Waals surface area contributed by atoms with Gasteiger partial charge in [-0.15, -0.1) is 11.3 Å². The molecule has 2 N–H and O–H groups in total. The molecule has 0 fully saturated rings. The highest BCUT2D eigenvalue weighted by atomic mass is 32.1. The molecular weight excluding hydrogens is 174 g/mol. The summed E-state index contributed by atoms with van der Waals surface area (Å²) in [6.07, 6.45) is -0.526. The quantitative estimate of drug-likeness (QED) is 0.735. The van der Waals surface area contributed by atoms with Crippen LogP contribution in [-0.4, -0.2) is 18.1 Å². The minimum Gasteiger partial charge on any atom is -0.387 e. The van der Waals surface area contributed by atoms with Gasteiger partial charge in [0.25, 0.3) is 0 Å². The van der Waals surface area contributed by atoms with Crippen LogP contribution in [0.25, 0.3) is 0 Å². The molecule has 1 aromatic rings. The lowest BCUT2D eigenvalue weighted by molar-refractivity contribution is -0.122. The molecule has 0 unspecified atom stereocenters. The normalized spacial score (nSPS) is 12.5. The van der Waals surface area contributed by atoms with Crippen molar-refractivity contribution in [3.8, 4) is 0 Å². The van der Waals surface area contributed by atoms with Crippen LogP contribution < -0.4 is 5.32 Å². The highest BCUT2D eigenvalue weighted by molar-refractivity contribution is 7.10. The molecule has 0 saturated heterocycles. The molecule has 1 rings (SSSR count). The van der Waals surface area contributed by atoms with E-state index in [1.165, 1.54) is 11.3 Å². The molecule has 0 aliphatic rings. The summed E-state index contributed by atoms with van der Waals surface area (Å²) < 4.78 is 0. The van der Waals surface area contributed by atoms with Crippen LogP contribution in [0.1, 0.15) is 17.4 Å². The summed E-state index contributed by atoms with van der Waals surface area (Å²) >= 11 is 1.45. The SMILES string of the molecule is CNC(=O)C[C@H](O)c1cccs1. The molecule has 0 aliphatic carbocycles. The van der Waals surface area contributed by atoms with Crippen molar-refractivity contribution in [1.29, 1.82) is 0 Å². The van der Waals surface area contributed by atoms with E-state index in [1.807, 2.05) is 17.5 Å². The lowest BCUT2D eigenvalue weighted by atomic mass is 10.2. The molecule has 0 radical (unpaired) electrons. The Kier molecular flexibility index (Phi) is 3.25. The van der Waals surface area contributed by atoms with Crippen molar-refractivity contribution in [2.45, 2.75) is 12.5 Å². The van der Waals surface area contributed by atoms with E-state index in [-0.39, 0.29) is 12.3 Å². The van der Waals surface area contributed by atoms with Gasteiger partial charge in [-0.05, 0) is 11.4 Å². The van der Waals surface area contributed by atoms with Gasteiger partial charge < -0.3 is 10.4 Å². The number of aliphatic hydroxyl groups is 1. The largest absolute Gasteiger partial charge is 0.387 e. The molecule has 4 heteroatoms. The van der Waals surface area contributed by atoms with Gasteiger partial charge in [0.1, 0.15) is 0 Å². The molecule has 1 amide bonds. The summed E-state index contributed by atoms with van der Waals surface area (Å²) in [7, 11) is 1.56. The Morgan fingerprint density at radius 1 is 1.83 bits per heavy atom. The zero-order chi connectivity index (χ0) is 8.97. The Labute approximate surface area is 75.0 Å². The molecule has 1 aromatic heterocycles. The molecule has 0 bridgehead atoms. The first-order valence-corrected chi connectivity index (χ1v) is 4.54. The van der Waals surface area contributed by atoms with Crippen LogP contribution in [0.15, 0.2) is 17.5 Å². The Balaban J connectivity index is 2.49. The fraction of sp³-hybridized carbons (Fsp3) is 0.375. The summed E-state index contributed by atoms with van der Waals surface area (Å²) in [6, 6.07) is 3.67. The fourth-order valence-corrected chi connectivity index (χ4v) is 1.57. The standard InChI is InChI=1S/C8H11NO2S/c1-9-8(11)5-6(10)7-3-2-4-12-7/h2-4,6,10H,5H2,1H3,(H,9,11)/t6-/m0/s1. The summed E-state index contributed by atoms with van der Waals surface area (Å²) in [6.45, 7) is 0. The number of amides is 1. The van der Waals surface area contributed by atoms with E-state index in [4.69, 9.17) is 0 Å². The highest BCUT2D eigenvalue weighted by Crippen LogP contribution is 2.21. The van der Waals surface area contributed by atoms with Crippen molar-refractivity contribution in [3.05, 3.63) is 22.4 Å². The number of nitrogens with one attached hydrogen (secondary N) is 1. The topological polar surface area (TPSA) is 49.3 Å². The number of hydrogen-bond acceptors (Lipinski definition) is 3. The van der Waals surface area contributed by atoms with Crippen molar-refractivity contribution in [3.63, 3.8) is 0 Å². The van der Waals surface area contributed by atoms with Crippen molar-refractivity contribution in [1.82, 2.24) is 5.32 Å². The summed E-state index contributed by atoms with van der Waals surface area (Å²) in [5.41, 5.74) is 0. The maximum atomic E-state index is 10.9. The number of thiophene rings is 1. The minimum absolute atomic E-state index is 0.136. The van der Waals surface area contributed by atoms with Crippen molar-refractivity contribution in [2.75, 3.05) is 7.05 Å². The maximum Gasteiger partial charge on any atom is 0.222 e. The molecule has 12 heavy (non-hydrogen) atoms. The van der Waals surface area contributed by atoms with E-state index < -0.39 is 6.10 Å². The average Bonchev–Trinajstić information content (AvgIpc) is 2.56. The molecule has 0 saturated carbocycles. The molecule has 0 aliphatic heterocycles. The molecular formula is C8H11NO2S.